The van der Waals surface area contributed by atoms with E-state index in [9.17, 15) is 0 Å². The van der Waals surface area contributed by atoms with Gasteiger partial charge in [-0.05, 0) is 43.7 Å². The molecule has 0 amide bonds. The van der Waals surface area contributed by atoms with Crippen LogP contribution in [0.2, 0.25) is 0 Å². The number of hydrogen-bond donors (Lipinski definition) is 2. The van der Waals surface area contributed by atoms with Gasteiger partial charge in [-0.3, -0.25) is 0 Å². The van der Waals surface area contributed by atoms with E-state index < -0.39 is 5.54 Å². The molecule has 0 saturated carbocycles. The standard InChI is InChI=1S/C15H23NO3S/c1-15(16,11-17)6-2-3-9-20-12-4-5-13-14(10-12)19-8-7-18-13/h4-5,10,17H,2-3,6-9,11,16H2,1H3. The van der Waals surface area contributed by atoms with Crippen molar-refractivity contribution in [2.24, 2.45) is 5.73 Å². The van der Waals surface area contributed by atoms with Gasteiger partial charge in [0, 0.05) is 10.4 Å². The molecule has 1 aliphatic rings. The number of thioether (sulfide) groups is 1. The summed E-state index contributed by atoms with van der Waals surface area (Å²) in [6.45, 7) is 3.18. The number of ether oxygens (including phenoxy) is 2. The van der Waals surface area contributed by atoms with Crippen molar-refractivity contribution in [1.82, 2.24) is 0 Å². The molecule has 112 valence electrons. The molecule has 4 nitrogen and oxygen atoms in total. The Morgan fingerprint density at radius 1 is 1.25 bits per heavy atom. The lowest BCUT2D eigenvalue weighted by Gasteiger charge is -2.21. The van der Waals surface area contributed by atoms with Crippen molar-refractivity contribution in [2.45, 2.75) is 36.6 Å². The molecule has 0 radical (unpaired) electrons. The molecule has 1 unspecified atom stereocenters. The topological polar surface area (TPSA) is 64.7 Å². The maximum atomic E-state index is 9.09. The molecular formula is C15H23NO3S. The number of fused-ring (bicyclic) bond motifs is 1. The largest absolute Gasteiger partial charge is 0.486 e. The van der Waals surface area contributed by atoms with Crippen LogP contribution in [0.15, 0.2) is 23.1 Å². The molecular weight excluding hydrogens is 274 g/mol. The van der Waals surface area contributed by atoms with Crippen molar-refractivity contribution < 1.29 is 14.6 Å². The summed E-state index contributed by atoms with van der Waals surface area (Å²) in [5.74, 6) is 2.72. The normalized spacial score (nSPS) is 16.8. The van der Waals surface area contributed by atoms with Gasteiger partial charge in [-0.2, -0.15) is 0 Å². The Bertz CT molecular complexity index is 437. The van der Waals surface area contributed by atoms with Crippen LogP contribution in [0.5, 0.6) is 11.5 Å². The highest BCUT2D eigenvalue weighted by atomic mass is 32.2. The first-order valence-corrected chi connectivity index (χ1v) is 8.01. The first-order chi connectivity index (χ1) is 9.61. The van der Waals surface area contributed by atoms with Crippen LogP contribution < -0.4 is 15.2 Å². The third kappa shape index (κ3) is 4.58. The quantitative estimate of drug-likeness (QED) is 0.598. The number of benzene rings is 1. The minimum Gasteiger partial charge on any atom is -0.486 e. The summed E-state index contributed by atoms with van der Waals surface area (Å²) < 4.78 is 11.1. The predicted molar refractivity (Wildman–Crippen MR) is 81.7 cm³/mol. The third-order valence-corrected chi connectivity index (χ3v) is 4.37. The smallest absolute Gasteiger partial charge is 0.162 e. The zero-order valence-electron chi connectivity index (χ0n) is 11.9. The third-order valence-electron chi connectivity index (χ3n) is 3.29. The zero-order valence-corrected chi connectivity index (χ0v) is 12.7. The molecule has 1 atom stereocenters. The first kappa shape index (κ1) is 15.5. The van der Waals surface area contributed by atoms with E-state index in [-0.39, 0.29) is 6.61 Å². The molecule has 1 aromatic rings. The molecule has 0 saturated heterocycles. The van der Waals surface area contributed by atoms with E-state index in [2.05, 4.69) is 6.07 Å². The second-order valence-electron chi connectivity index (χ2n) is 5.42. The van der Waals surface area contributed by atoms with Crippen LogP contribution in [0.3, 0.4) is 0 Å². The fourth-order valence-corrected chi connectivity index (χ4v) is 2.95. The second-order valence-corrected chi connectivity index (χ2v) is 6.59. The Balaban J connectivity index is 1.72. The molecule has 5 heteroatoms. The van der Waals surface area contributed by atoms with Gasteiger partial charge in [0.25, 0.3) is 0 Å². The lowest BCUT2D eigenvalue weighted by atomic mass is 9.98. The van der Waals surface area contributed by atoms with E-state index in [1.807, 2.05) is 30.8 Å². The van der Waals surface area contributed by atoms with Crippen molar-refractivity contribution in [3.63, 3.8) is 0 Å². The molecule has 0 fully saturated rings. The number of aliphatic hydroxyl groups excluding tert-OH is 1. The lowest BCUT2D eigenvalue weighted by molar-refractivity contribution is 0.171. The molecule has 1 aromatic carbocycles. The lowest BCUT2D eigenvalue weighted by Crippen LogP contribution is -2.39. The Morgan fingerprint density at radius 2 is 2.00 bits per heavy atom. The summed E-state index contributed by atoms with van der Waals surface area (Å²) in [7, 11) is 0. The van der Waals surface area contributed by atoms with Crippen LogP contribution >= 0.6 is 11.8 Å². The fraction of sp³-hybridized carbons (Fsp3) is 0.600. The number of rotatable bonds is 7. The SMILES string of the molecule is CC(N)(CO)CCCCSc1ccc2c(c1)OCCO2. The molecule has 0 bridgehead atoms. The Morgan fingerprint density at radius 3 is 2.75 bits per heavy atom. The fourth-order valence-electron chi connectivity index (χ4n) is 2.01. The van der Waals surface area contributed by atoms with Gasteiger partial charge in [0.1, 0.15) is 13.2 Å². The minimum absolute atomic E-state index is 0.0440. The predicted octanol–water partition coefficient (Wildman–Crippen LogP) is 2.43. The van der Waals surface area contributed by atoms with Crippen molar-refractivity contribution in [2.75, 3.05) is 25.6 Å². The zero-order chi connectivity index (χ0) is 14.4. The van der Waals surface area contributed by atoms with Crippen molar-refractivity contribution >= 4 is 11.8 Å². The van der Waals surface area contributed by atoms with Crippen LogP contribution in [0, 0.1) is 0 Å². The van der Waals surface area contributed by atoms with Gasteiger partial charge >= 0.3 is 0 Å². The van der Waals surface area contributed by atoms with E-state index >= 15 is 0 Å². The van der Waals surface area contributed by atoms with Crippen molar-refractivity contribution in [3.05, 3.63) is 18.2 Å². The van der Waals surface area contributed by atoms with Gasteiger partial charge < -0.3 is 20.3 Å². The van der Waals surface area contributed by atoms with Gasteiger partial charge in [-0.25, -0.2) is 0 Å². The first-order valence-electron chi connectivity index (χ1n) is 7.03. The van der Waals surface area contributed by atoms with Gasteiger partial charge in [-0.1, -0.05) is 6.42 Å². The summed E-state index contributed by atoms with van der Waals surface area (Å²) in [4.78, 5) is 1.20. The van der Waals surface area contributed by atoms with Crippen LogP contribution in [0.1, 0.15) is 26.2 Å². The minimum atomic E-state index is -0.443. The van der Waals surface area contributed by atoms with Crippen LogP contribution in [0.25, 0.3) is 0 Å². The molecule has 0 spiro atoms. The molecule has 3 N–H and O–H groups in total. The number of nitrogens with two attached hydrogens (primary N) is 1. The van der Waals surface area contributed by atoms with E-state index in [1.165, 1.54) is 4.90 Å². The molecule has 2 rings (SSSR count). The van der Waals surface area contributed by atoms with Crippen molar-refractivity contribution in [1.29, 1.82) is 0 Å². The highest BCUT2D eigenvalue weighted by Crippen LogP contribution is 2.34. The molecule has 1 aliphatic heterocycles. The molecule has 0 aliphatic carbocycles. The summed E-state index contributed by atoms with van der Waals surface area (Å²) in [5.41, 5.74) is 5.46. The second kappa shape index (κ2) is 7.20. The molecule has 20 heavy (non-hydrogen) atoms. The van der Waals surface area contributed by atoms with E-state index in [0.717, 1.165) is 36.5 Å². The van der Waals surface area contributed by atoms with Gasteiger partial charge in [0.15, 0.2) is 11.5 Å². The maximum Gasteiger partial charge on any atom is 0.162 e. The monoisotopic (exact) mass is 297 g/mol. The van der Waals surface area contributed by atoms with E-state index in [1.54, 1.807) is 0 Å². The average molecular weight is 297 g/mol. The van der Waals surface area contributed by atoms with Gasteiger partial charge in [0.2, 0.25) is 0 Å². The average Bonchev–Trinajstić information content (AvgIpc) is 2.46. The Labute approximate surface area is 124 Å². The molecule has 0 aromatic heterocycles. The summed E-state index contributed by atoms with van der Waals surface area (Å²) in [6, 6.07) is 6.08. The number of hydrogen-bond acceptors (Lipinski definition) is 5. The Kier molecular flexibility index (Phi) is 5.57. The van der Waals surface area contributed by atoms with Crippen LogP contribution in [-0.4, -0.2) is 36.2 Å². The summed E-state index contributed by atoms with van der Waals surface area (Å²) in [5, 5.41) is 9.09. The highest BCUT2D eigenvalue weighted by Gasteiger charge is 2.16. The van der Waals surface area contributed by atoms with Crippen LogP contribution in [0.4, 0.5) is 0 Å². The summed E-state index contributed by atoms with van der Waals surface area (Å²) >= 11 is 1.81. The van der Waals surface area contributed by atoms with Crippen LogP contribution in [-0.2, 0) is 0 Å². The highest BCUT2D eigenvalue weighted by molar-refractivity contribution is 7.99. The van der Waals surface area contributed by atoms with E-state index in [0.29, 0.717) is 13.2 Å². The summed E-state index contributed by atoms with van der Waals surface area (Å²) in [6.07, 6.45) is 2.97. The van der Waals surface area contributed by atoms with Crippen molar-refractivity contribution in [3.8, 4) is 11.5 Å². The van der Waals surface area contributed by atoms with Gasteiger partial charge in [0.05, 0.1) is 6.61 Å². The number of aliphatic hydroxyl groups is 1. The van der Waals surface area contributed by atoms with E-state index in [4.69, 9.17) is 20.3 Å². The Hall–Kier alpha value is -0.910. The van der Waals surface area contributed by atoms with Gasteiger partial charge in [-0.15, -0.1) is 11.8 Å². The maximum absolute atomic E-state index is 9.09. The number of unbranched alkanes of at least 4 members (excludes halogenated alkanes) is 1. The molecule has 1 heterocycles.